The summed E-state index contributed by atoms with van der Waals surface area (Å²) in [6, 6.07) is 0. The average Bonchev–Trinajstić information content (AvgIpc) is 3.06. The Balaban J connectivity index is 1.59. The summed E-state index contributed by atoms with van der Waals surface area (Å²) >= 11 is 0. The molecule has 0 radical (unpaired) electrons. The first-order chi connectivity index (χ1) is 15.6. The van der Waals surface area contributed by atoms with E-state index in [1.807, 2.05) is 0 Å². The van der Waals surface area contributed by atoms with Gasteiger partial charge in [-0.15, -0.1) is 0 Å². The quantitative estimate of drug-likeness (QED) is 0.416. The summed E-state index contributed by atoms with van der Waals surface area (Å²) in [5, 5.41) is 40.8. The lowest BCUT2D eigenvalue weighted by Crippen LogP contribution is -2.54. The molecule has 0 aromatic rings. The minimum absolute atomic E-state index is 0.0686. The summed E-state index contributed by atoms with van der Waals surface area (Å²) in [5.74, 6) is 1.49. The summed E-state index contributed by atoms with van der Waals surface area (Å²) in [7, 11) is 0. The SMILES string of the molecule is C[C@H](CC[C@H](O)[C@@](C)(O)CO)[C@H]1CC[C@@]2(C)C3=CC[C@@H]4C(C)(C)[C@@H](O)CC[C@]4(C)C3=CC[C@]12C. The van der Waals surface area contributed by atoms with Crippen molar-refractivity contribution >= 4 is 0 Å². The molecule has 2 saturated carbocycles. The topological polar surface area (TPSA) is 80.9 Å². The van der Waals surface area contributed by atoms with E-state index in [1.165, 1.54) is 19.8 Å². The van der Waals surface area contributed by atoms with Crippen LogP contribution in [0.25, 0.3) is 0 Å². The molecular weight excluding hydrogens is 424 g/mol. The fraction of sp³-hybridized carbons (Fsp3) is 0.867. The van der Waals surface area contributed by atoms with Crippen molar-refractivity contribution in [3.63, 3.8) is 0 Å². The van der Waals surface area contributed by atoms with Gasteiger partial charge in [-0.1, -0.05) is 53.7 Å². The van der Waals surface area contributed by atoms with E-state index in [0.29, 0.717) is 24.2 Å². The number of hydrogen-bond acceptors (Lipinski definition) is 4. The van der Waals surface area contributed by atoms with E-state index in [2.05, 4.69) is 53.7 Å². The minimum Gasteiger partial charge on any atom is -0.393 e. The Hall–Kier alpha value is -0.680. The van der Waals surface area contributed by atoms with Crippen molar-refractivity contribution in [3.05, 3.63) is 23.3 Å². The molecule has 9 atom stereocenters. The highest BCUT2D eigenvalue weighted by Gasteiger charge is 2.63. The van der Waals surface area contributed by atoms with Crippen LogP contribution in [0.5, 0.6) is 0 Å². The highest BCUT2D eigenvalue weighted by atomic mass is 16.4. The molecule has 0 aromatic carbocycles. The Labute approximate surface area is 207 Å². The van der Waals surface area contributed by atoms with Crippen LogP contribution < -0.4 is 0 Å². The molecule has 4 nitrogen and oxygen atoms in total. The van der Waals surface area contributed by atoms with Gasteiger partial charge in [0.05, 0.1) is 18.8 Å². The number of aliphatic hydroxyl groups is 4. The van der Waals surface area contributed by atoms with E-state index in [1.54, 1.807) is 11.1 Å². The van der Waals surface area contributed by atoms with Gasteiger partial charge in [-0.05, 0) is 109 Å². The highest BCUT2D eigenvalue weighted by molar-refractivity contribution is 5.49. The number of allylic oxidation sites excluding steroid dienone is 4. The molecular formula is C30H50O4. The van der Waals surface area contributed by atoms with Gasteiger partial charge in [-0.2, -0.15) is 0 Å². The smallest absolute Gasteiger partial charge is 0.111 e. The zero-order valence-corrected chi connectivity index (χ0v) is 22.7. The maximum Gasteiger partial charge on any atom is 0.111 e. The van der Waals surface area contributed by atoms with Crippen molar-refractivity contribution < 1.29 is 20.4 Å². The second kappa shape index (κ2) is 8.43. The normalized spacial score (nSPS) is 44.6. The van der Waals surface area contributed by atoms with E-state index in [-0.39, 0.29) is 27.8 Å². The first-order valence-corrected chi connectivity index (χ1v) is 13.8. The molecule has 2 fully saturated rings. The first-order valence-electron chi connectivity index (χ1n) is 13.8. The van der Waals surface area contributed by atoms with E-state index in [4.69, 9.17) is 0 Å². The van der Waals surface area contributed by atoms with Crippen LogP contribution in [0.1, 0.15) is 99.8 Å². The predicted molar refractivity (Wildman–Crippen MR) is 137 cm³/mol. The molecule has 0 spiro atoms. The fourth-order valence-corrected chi connectivity index (χ4v) is 8.98. The van der Waals surface area contributed by atoms with Crippen molar-refractivity contribution in [1.82, 2.24) is 0 Å². The van der Waals surface area contributed by atoms with Gasteiger partial charge in [0.15, 0.2) is 0 Å². The summed E-state index contributed by atoms with van der Waals surface area (Å²) in [6.45, 7) is 15.4. The van der Waals surface area contributed by atoms with E-state index >= 15 is 0 Å². The molecule has 4 N–H and O–H groups in total. The molecule has 0 heterocycles. The molecule has 0 amide bonds. The Kier molecular flexibility index (Phi) is 6.54. The standard InChI is InChI=1S/C30H50O4/c1-19(8-11-25(33)30(7,34)18-31)20-12-16-29(6)22-9-10-23-26(2,3)24(32)14-15-27(23,4)21(22)13-17-28(20,29)5/h9,13,19-20,23-25,31-34H,8,10-12,14-18H2,1-7H3/t19-,20-,23-,24+,25+,27-,28-,29+,30+/m1/s1. The van der Waals surface area contributed by atoms with E-state index < -0.39 is 18.3 Å². The third-order valence-corrected chi connectivity index (χ3v) is 11.9. The summed E-state index contributed by atoms with van der Waals surface area (Å²) < 4.78 is 0. The number of rotatable bonds is 6. The van der Waals surface area contributed by atoms with Crippen LogP contribution in [0.2, 0.25) is 0 Å². The van der Waals surface area contributed by atoms with Gasteiger partial charge in [0.25, 0.3) is 0 Å². The van der Waals surface area contributed by atoms with E-state index in [9.17, 15) is 20.4 Å². The van der Waals surface area contributed by atoms with Crippen molar-refractivity contribution in [1.29, 1.82) is 0 Å². The monoisotopic (exact) mass is 474 g/mol. The van der Waals surface area contributed by atoms with Gasteiger partial charge in [-0.25, -0.2) is 0 Å². The zero-order valence-electron chi connectivity index (χ0n) is 22.7. The molecule has 0 aliphatic heterocycles. The lowest BCUT2D eigenvalue weighted by atomic mass is 9.44. The molecule has 4 aliphatic carbocycles. The number of aliphatic hydroxyl groups excluding tert-OH is 3. The molecule has 0 bridgehead atoms. The van der Waals surface area contributed by atoms with Gasteiger partial charge in [-0.3, -0.25) is 0 Å². The molecule has 4 rings (SSSR count). The molecule has 4 aliphatic rings. The van der Waals surface area contributed by atoms with Crippen molar-refractivity contribution in [2.24, 2.45) is 39.4 Å². The maximum atomic E-state index is 10.8. The lowest BCUT2D eigenvalue weighted by Gasteiger charge is -2.61. The van der Waals surface area contributed by atoms with Crippen molar-refractivity contribution in [2.45, 2.75) is 118 Å². The van der Waals surface area contributed by atoms with Gasteiger partial charge in [0.1, 0.15) is 5.60 Å². The molecule has 194 valence electrons. The Bertz CT molecular complexity index is 856. The van der Waals surface area contributed by atoms with Gasteiger partial charge < -0.3 is 20.4 Å². The van der Waals surface area contributed by atoms with E-state index in [0.717, 1.165) is 32.1 Å². The molecule has 34 heavy (non-hydrogen) atoms. The van der Waals surface area contributed by atoms with Crippen molar-refractivity contribution in [2.75, 3.05) is 6.61 Å². The molecule has 4 heteroatoms. The molecule has 0 unspecified atom stereocenters. The van der Waals surface area contributed by atoms with Crippen LogP contribution in [0.4, 0.5) is 0 Å². The fourth-order valence-electron chi connectivity index (χ4n) is 8.98. The van der Waals surface area contributed by atoms with Crippen LogP contribution in [-0.4, -0.2) is 44.8 Å². The molecule has 0 saturated heterocycles. The number of fused-ring (bicyclic) bond motifs is 5. The summed E-state index contributed by atoms with van der Waals surface area (Å²) in [6.07, 6.45) is 11.9. The highest BCUT2D eigenvalue weighted by Crippen LogP contribution is 2.71. The van der Waals surface area contributed by atoms with Crippen molar-refractivity contribution in [3.8, 4) is 0 Å². The van der Waals surface area contributed by atoms with Crippen LogP contribution in [0.3, 0.4) is 0 Å². The largest absolute Gasteiger partial charge is 0.393 e. The lowest BCUT2D eigenvalue weighted by molar-refractivity contribution is -0.0974. The Morgan fingerprint density at radius 1 is 1.03 bits per heavy atom. The third-order valence-electron chi connectivity index (χ3n) is 11.9. The Morgan fingerprint density at radius 2 is 1.71 bits per heavy atom. The average molecular weight is 475 g/mol. The van der Waals surface area contributed by atoms with Crippen LogP contribution >= 0.6 is 0 Å². The van der Waals surface area contributed by atoms with Gasteiger partial charge in [0.2, 0.25) is 0 Å². The Morgan fingerprint density at radius 3 is 2.35 bits per heavy atom. The first kappa shape index (κ1) is 26.4. The van der Waals surface area contributed by atoms with Gasteiger partial charge >= 0.3 is 0 Å². The summed E-state index contributed by atoms with van der Waals surface area (Å²) in [5.41, 5.74) is 2.13. The van der Waals surface area contributed by atoms with Gasteiger partial charge in [0, 0.05) is 0 Å². The predicted octanol–water partition coefficient (Wildman–Crippen LogP) is 5.39. The number of hydrogen-bond donors (Lipinski definition) is 4. The second-order valence-electron chi connectivity index (χ2n) is 14.0. The summed E-state index contributed by atoms with van der Waals surface area (Å²) in [4.78, 5) is 0. The van der Waals surface area contributed by atoms with Crippen LogP contribution in [0.15, 0.2) is 23.3 Å². The maximum absolute atomic E-state index is 10.8. The minimum atomic E-state index is -1.43. The second-order valence-corrected chi connectivity index (χ2v) is 14.0. The van der Waals surface area contributed by atoms with Crippen LogP contribution in [-0.2, 0) is 0 Å². The molecule has 0 aromatic heterocycles. The van der Waals surface area contributed by atoms with Crippen LogP contribution in [0, 0.1) is 39.4 Å². The zero-order chi connectivity index (χ0) is 25.3. The third kappa shape index (κ3) is 3.61.